The van der Waals surface area contributed by atoms with Crippen LogP contribution in [0.25, 0.3) is 0 Å². The van der Waals surface area contributed by atoms with Gasteiger partial charge in [0.2, 0.25) is 0 Å². The van der Waals surface area contributed by atoms with Crippen LogP contribution in [0.1, 0.15) is 90.9 Å². The molecule has 4 aliphatic carbocycles. The molecule has 5 aliphatic rings. The van der Waals surface area contributed by atoms with Crippen molar-refractivity contribution < 1.29 is 34.1 Å². The van der Waals surface area contributed by atoms with Crippen molar-refractivity contribution in [1.29, 1.82) is 0 Å². The van der Waals surface area contributed by atoms with Crippen molar-refractivity contribution in [3.05, 3.63) is 11.6 Å². The van der Waals surface area contributed by atoms with Crippen LogP contribution in [0.2, 0.25) is 0 Å². The highest BCUT2D eigenvalue weighted by Gasteiger charge is 2.71. The molecule has 7 heteroatoms. The van der Waals surface area contributed by atoms with E-state index in [0.717, 1.165) is 44.0 Å². The maximum atomic E-state index is 12.8. The highest BCUT2D eigenvalue weighted by Crippen LogP contribution is 2.70. The Hall–Kier alpha value is -1.73. The summed E-state index contributed by atoms with van der Waals surface area (Å²) in [6.07, 6.45) is 9.61. The molecular weight excluding hydrogens is 448 g/mol. The van der Waals surface area contributed by atoms with E-state index in [1.165, 1.54) is 0 Å². The smallest absolute Gasteiger partial charge is 0.331 e. The Bertz CT molecular complexity index is 928. The highest BCUT2D eigenvalue weighted by molar-refractivity contribution is 5.85. The molecule has 2 N–H and O–H groups in total. The lowest BCUT2D eigenvalue weighted by Crippen LogP contribution is -2.69. The second kappa shape index (κ2) is 8.69. The first kappa shape index (κ1) is 24.9. The fourth-order valence-corrected chi connectivity index (χ4v) is 8.98. The summed E-state index contributed by atoms with van der Waals surface area (Å²) in [6, 6.07) is 0. The molecule has 0 aromatic rings. The maximum absolute atomic E-state index is 12.8. The van der Waals surface area contributed by atoms with Crippen LogP contribution in [0.3, 0.4) is 0 Å². The van der Waals surface area contributed by atoms with Gasteiger partial charge < -0.3 is 24.5 Å². The van der Waals surface area contributed by atoms with Crippen LogP contribution < -0.4 is 0 Å². The lowest BCUT2D eigenvalue weighted by Gasteiger charge is -2.65. The molecule has 4 saturated carbocycles. The molecule has 2 unspecified atom stereocenters. The van der Waals surface area contributed by atoms with Gasteiger partial charge in [-0.3, -0.25) is 4.79 Å². The van der Waals surface area contributed by atoms with Crippen molar-refractivity contribution in [2.75, 3.05) is 6.61 Å². The minimum Gasteiger partial charge on any atom is -0.462 e. The van der Waals surface area contributed by atoms with Gasteiger partial charge in [0.1, 0.15) is 19.0 Å². The second-order valence-corrected chi connectivity index (χ2v) is 12.2. The zero-order valence-corrected chi connectivity index (χ0v) is 21.1. The van der Waals surface area contributed by atoms with Crippen LogP contribution in [-0.4, -0.2) is 52.4 Å². The molecule has 0 aromatic heterocycles. The summed E-state index contributed by atoms with van der Waals surface area (Å²) in [5, 5.41) is 24.2. The first-order chi connectivity index (χ1) is 16.6. The molecule has 35 heavy (non-hydrogen) atoms. The van der Waals surface area contributed by atoms with E-state index in [1.807, 2.05) is 6.92 Å². The van der Waals surface area contributed by atoms with Gasteiger partial charge in [-0.15, -0.1) is 0 Å². The van der Waals surface area contributed by atoms with Crippen molar-refractivity contribution in [3.63, 3.8) is 0 Å². The van der Waals surface area contributed by atoms with E-state index in [9.17, 15) is 24.6 Å². The Balaban J connectivity index is 1.38. The molecule has 7 nitrogen and oxygen atoms in total. The third-order valence-corrected chi connectivity index (χ3v) is 10.9. The number of unbranched alkanes of at least 4 members (excludes halogenated alkanes) is 1. The number of carbonyl (C=O) groups excluding carboxylic acids is 3. The summed E-state index contributed by atoms with van der Waals surface area (Å²) in [7, 11) is 0. The van der Waals surface area contributed by atoms with Gasteiger partial charge in [0, 0.05) is 24.3 Å². The van der Waals surface area contributed by atoms with Crippen molar-refractivity contribution >= 4 is 18.2 Å². The molecule has 8 atom stereocenters. The van der Waals surface area contributed by atoms with E-state index >= 15 is 0 Å². The lowest BCUT2D eigenvalue weighted by atomic mass is 9.41. The van der Waals surface area contributed by atoms with Crippen molar-refractivity contribution in [2.24, 2.45) is 28.6 Å². The topological polar surface area (TPSA) is 110 Å². The Morgan fingerprint density at radius 3 is 2.60 bits per heavy atom. The zero-order valence-electron chi connectivity index (χ0n) is 21.1. The van der Waals surface area contributed by atoms with Gasteiger partial charge in [0.15, 0.2) is 0 Å². The number of fused-ring (bicyclic) bond motifs is 5. The molecule has 0 radical (unpaired) electrons. The van der Waals surface area contributed by atoms with Crippen LogP contribution in [0.15, 0.2) is 11.6 Å². The second-order valence-electron chi connectivity index (χ2n) is 12.2. The summed E-state index contributed by atoms with van der Waals surface area (Å²) >= 11 is 0. The van der Waals surface area contributed by atoms with Crippen molar-refractivity contribution in [1.82, 2.24) is 0 Å². The van der Waals surface area contributed by atoms with Gasteiger partial charge in [0.05, 0.1) is 16.6 Å². The van der Waals surface area contributed by atoms with Gasteiger partial charge in [-0.2, -0.15) is 0 Å². The first-order valence-electron chi connectivity index (χ1n) is 13.6. The molecule has 5 rings (SSSR count). The number of esters is 2. The predicted octanol–water partition coefficient (Wildman–Crippen LogP) is 3.64. The minimum absolute atomic E-state index is 0.0843. The van der Waals surface area contributed by atoms with Gasteiger partial charge in [-0.05, 0) is 81.1 Å². The zero-order chi connectivity index (χ0) is 25.1. The molecule has 1 heterocycles. The predicted molar refractivity (Wildman–Crippen MR) is 127 cm³/mol. The molecule has 0 aromatic carbocycles. The standard InChI is InChI=1S/C28H40O7/c1-3-4-5-23(30)35-19-6-11-26(17-29)21-7-10-25(2)20(18-14-24(31)34-16-18)9-13-28(25,33)22(21)8-12-27(26,32)15-19/h14,17,19-22,32-33H,3-13,15-16H2,1-2H3/t19-,20+,21?,22?,25+,26-,27-,28-/m0/s1. The Morgan fingerprint density at radius 1 is 1.14 bits per heavy atom. The number of hydrogen-bond acceptors (Lipinski definition) is 7. The number of aldehydes is 1. The van der Waals surface area contributed by atoms with Crippen molar-refractivity contribution in [2.45, 2.75) is 108 Å². The van der Waals surface area contributed by atoms with E-state index in [0.29, 0.717) is 45.1 Å². The van der Waals surface area contributed by atoms with Gasteiger partial charge in [0.25, 0.3) is 0 Å². The number of aliphatic hydroxyl groups is 2. The molecule has 0 saturated heterocycles. The molecular formula is C28H40O7. The Kier molecular flexibility index (Phi) is 6.19. The van der Waals surface area contributed by atoms with E-state index in [1.54, 1.807) is 6.08 Å². The largest absolute Gasteiger partial charge is 0.462 e. The molecule has 0 spiro atoms. The number of rotatable bonds is 6. The monoisotopic (exact) mass is 488 g/mol. The number of cyclic esters (lactones) is 1. The van der Waals surface area contributed by atoms with Crippen LogP contribution in [-0.2, 0) is 23.9 Å². The number of ether oxygens (including phenoxy) is 2. The molecule has 0 amide bonds. The first-order valence-corrected chi connectivity index (χ1v) is 13.6. The van der Waals surface area contributed by atoms with Gasteiger partial charge in [-0.1, -0.05) is 20.3 Å². The molecule has 0 bridgehead atoms. The van der Waals surface area contributed by atoms with E-state index in [2.05, 4.69) is 6.92 Å². The van der Waals surface area contributed by atoms with E-state index in [-0.39, 0.29) is 47.6 Å². The van der Waals surface area contributed by atoms with Crippen LogP contribution >= 0.6 is 0 Å². The lowest BCUT2D eigenvalue weighted by molar-refractivity contribution is -0.249. The summed E-state index contributed by atoms with van der Waals surface area (Å²) in [5.41, 5.74) is -2.51. The fraction of sp³-hybridized carbons (Fsp3) is 0.821. The van der Waals surface area contributed by atoms with Crippen LogP contribution in [0.4, 0.5) is 0 Å². The number of hydrogen-bond donors (Lipinski definition) is 2. The fourth-order valence-electron chi connectivity index (χ4n) is 8.98. The third kappa shape index (κ3) is 3.55. The number of carbonyl (C=O) groups is 3. The molecule has 194 valence electrons. The van der Waals surface area contributed by atoms with Gasteiger partial charge >= 0.3 is 11.9 Å². The summed E-state index contributed by atoms with van der Waals surface area (Å²) < 4.78 is 10.9. The normalized spacial score (nSPS) is 46.6. The average molecular weight is 489 g/mol. The van der Waals surface area contributed by atoms with Crippen molar-refractivity contribution in [3.8, 4) is 0 Å². The summed E-state index contributed by atoms with van der Waals surface area (Å²) in [6.45, 7) is 4.48. The van der Waals surface area contributed by atoms with E-state index in [4.69, 9.17) is 9.47 Å². The SMILES string of the molecule is CCCCC(=O)O[C@H]1CC[C@]2(C=O)C3CC[C@]4(C)[C@@H](C5=CC(=O)OC5)CC[C@]4(O)C3CC[C@]2(O)C1. The summed E-state index contributed by atoms with van der Waals surface area (Å²) in [4.78, 5) is 36.8. The molecule has 4 fully saturated rings. The van der Waals surface area contributed by atoms with Gasteiger partial charge in [-0.25, -0.2) is 4.79 Å². The highest BCUT2D eigenvalue weighted by atomic mass is 16.5. The summed E-state index contributed by atoms with van der Waals surface area (Å²) in [5.74, 6) is -0.633. The third-order valence-electron chi connectivity index (χ3n) is 10.9. The molecule has 1 aliphatic heterocycles. The maximum Gasteiger partial charge on any atom is 0.331 e. The van der Waals surface area contributed by atoms with Crippen LogP contribution in [0, 0.1) is 28.6 Å². The Morgan fingerprint density at radius 2 is 1.91 bits per heavy atom. The average Bonchev–Trinajstić information content (AvgIpc) is 3.37. The van der Waals surface area contributed by atoms with E-state index < -0.39 is 16.6 Å². The minimum atomic E-state index is -1.22. The quantitative estimate of drug-likeness (QED) is 0.434. The van der Waals surface area contributed by atoms with Crippen LogP contribution in [0.5, 0.6) is 0 Å². The Labute approximate surface area is 207 Å².